The lowest BCUT2D eigenvalue weighted by molar-refractivity contribution is -0.121. The standard InChI is InChI=1S/C31H49F2N7O4/c1-8-9-31(32,33)23-12-24-26(40-27(23)35-39(28(40)42)19-30(6,7)43)29(4,5)18-38(24)25(41)16-37-14-20(2)34-13-22(37)15-36-10-11-44-17-21(36)3/h12,20-22,34,43H,8-11,13-19H2,1-7H3/t20-,21-,22-/m1/s1. The summed E-state index contributed by atoms with van der Waals surface area (Å²) in [5.74, 6) is -3.46. The number of anilines is 1. The molecule has 0 spiro atoms. The maximum atomic E-state index is 15.7. The first-order valence-electron chi connectivity index (χ1n) is 15.9. The van der Waals surface area contributed by atoms with Gasteiger partial charge in [-0.2, -0.15) is 0 Å². The summed E-state index contributed by atoms with van der Waals surface area (Å²) in [6.07, 6.45) is -0.199. The van der Waals surface area contributed by atoms with Crippen LogP contribution in [0.3, 0.4) is 0 Å². The molecule has 2 aromatic rings. The van der Waals surface area contributed by atoms with E-state index >= 15 is 8.78 Å². The maximum absolute atomic E-state index is 15.7. The van der Waals surface area contributed by atoms with Gasteiger partial charge in [0.05, 0.1) is 48.8 Å². The Morgan fingerprint density at radius 2 is 1.98 bits per heavy atom. The number of carbonyl (C=O) groups is 1. The van der Waals surface area contributed by atoms with Crippen molar-refractivity contribution in [3.8, 4) is 0 Å². The van der Waals surface area contributed by atoms with Gasteiger partial charge in [0.1, 0.15) is 0 Å². The van der Waals surface area contributed by atoms with Crippen LogP contribution in [0.2, 0.25) is 0 Å². The van der Waals surface area contributed by atoms with Gasteiger partial charge in [-0.05, 0) is 33.8 Å². The van der Waals surface area contributed by atoms with Crippen LogP contribution >= 0.6 is 0 Å². The van der Waals surface area contributed by atoms with Crippen LogP contribution in [-0.2, 0) is 27.4 Å². The highest BCUT2D eigenvalue weighted by Gasteiger charge is 2.45. The number of hydrogen-bond acceptors (Lipinski definition) is 8. The number of fused-ring (bicyclic) bond motifs is 3. The number of alkyl halides is 2. The van der Waals surface area contributed by atoms with E-state index in [9.17, 15) is 14.7 Å². The first-order chi connectivity index (χ1) is 20.5. The topological polar surface area (TPSA) is 108 Å². The van der Waals surface area contributed by atoms with E-state index in [1.165, 1.54) is 24.3 Å². The average Bonchev–Trinajstić information content (AvgIpc) is 3.37. The quantitative estimate of drug-likeness (QED) is 0.439. The van der Waals surface area contributed by atoms with Crippen LogP contribution in [0.25, 0.3) is 5.65 Å². The van der Waals surface area contributed by atoms with E-state index in [1.54, 1.807) is 11.8 Å². The number of aromatic nitrogens is 3. The van der Waals surface area contributed by atoms with Gasteiger partial charge in [0, 0.05) is 62.7 Å². The van der Waals surface area contributed by atoms with Gasteiger partial charge in [-0.15, -0.1) is 5.10 Å². The minimum absolute atomic E-state index is 0.0976. The minimum Gasteiger partial charge on any atom is -0.389 e. The largest absolute Gasteiger partial charge is 0.389 e. The van der Waals surface area contributed by atoms with E-state index in [-0.39, 0.29) is 61.3 Å². The Morgan fingerprint density at radius 3 is 2.64 bits per heavy atom. The Kier molecular flexibility index (Phi) is 9.02. The molecule has 2 N–H and O–H groups in total. The molecule has 13 heteroatoms. The van der Waals surface area contributed by atoms with Gasteiger partial charge in [0.25, 0.3) is 5.92 Å². The molecular formula is C31H49F2N7O4. The SMILES string of the molecule is CCCC(F)(F)c1cc2c(n3c(=O)n(CC(C)(C)O)nc13)C(C)(C)CN2C(=O)CN1C[C@@H](C)NC[C@@H]1CN1CCOC[C@H]1C. The van der Waals surface area contributed by atoms with Gasteiger partial charge in [0.15, 0.2) is 5.65 Å². The normalized spacial score (nSPS) is 25.1. The van der Waals surface area contributed by atoms with Crippen LogP contribution in [0, 0.1) is 0 Å². The fraction of sp³-hybridized carbons (Fsp3) is 0.774. The van der Waals surface area contributed by atoms with E-state index in [4.69, 9.17) is 4.74 Å². The third-order valence-electron chi connectivity index (χ3n) is 9.12. The molecule has 0 unspecified atom stereocenters. The van der Waals surface area contributed by atoms with Gasteiger partial charge in [-0.25, -0.2) is 22.7 Å². The number of carbonyl (C=O) groups excluding carboxylic acids is 1. The second-order valence-electron chi connectivity index (χ2n) is 14.3. The average molecular weight is 622 g/mol. The van der Waals surface area contributed by atoms with Crippen molar-refractivity contribution in [3.05, 3.63) is 27.8 Å². The molecule has 0 saturated carbocycles. The van der Waals surface area contributed by atoms with Gasteiger partial charge < -0.3 is 20.1 Å². The Bertz CT molecular complexity index is 1430. The lowest BCUT2D eigenvalue weighted by atomic mass is 9.90. The molecule has 3 aliphatic heterocycles. The summed E-state index contributed by atoms with van der Waals surface area (Å²) in [5.41, 5.74) is -2.31. The summed E-state index contributed by atoms with van der Waals surface area (Å²) in [6.45, 7) is 17.5. The number of aliphatic hydroxyl groups is 1. The number of piperazine rings is 1. The van der Waals surface area contributed by atoms with Crippen LogP contribution in [0.15, 0.2) is 10.9 Å². The van der Waals surface area contributed by atoms with Crippen LogP contribution in [0.4, 0.5) is 14.5 Å². The van der Waals surface area contributed by atoms with Crippen LogP contribution < -0.4 is 15.9 Å². The van der Waals surface area contributed by atoms with Gasteiger partial charge in [-0.3, -0.25) is 14.6 Å². The Balaban J connectivity index is 1.54. The molecule has 2 saturated heterocycles. The number of ether oxygens (including phenoxy) is 1. The number of morpholine rings is 1. The number of rotatable bonds is 9. The van der Waals surface area contributed by atoms with Crippen molar-refractivity contribution in [1.29, 1.82) is 0 Å². The van der Waals surface area contributed by atoms with Crippen molar-refractivity contribution < 1.29 is 23.4 Å². The number of nitrogens with zero attached hydrogens (tertiary/aromatic N) is 6. The molecule has 246 valence electrons. The smallest absolute Gasteiger partial charge is 0.350 e. The lowest BCUT2D eigenvalue weighted by Crippen LogP contribution is -2.62. The van der Waals surface area contributed by atoms with Crippen molar-refractivity contribution in [2.45, 2.75) is 103 Å². The summed E-state index contributed by atoms with van der Waals surface area (Å²) in [7, 11) is 0. The number of amides is 1. The fourth-order valence-corrected chi connectivity index (χ4v) is 6.96. The Hall–Kier alpha value is -2.45. The Labute approximate surface area is 258 Å². The van der Waals surface area contributed by atoms with Crippen molar-refractivity contribution in [2.75, 3.05) is 57.4 Å². The molecule has 3 aliphatic rings. The van der Waals surface area contributed by atoms with Crippen molar-refractivity contribution in [2.24, 2.45) is 0 Å². The molecule has 2 aromatic heterocycles. The predicted octanol–water partition coefficient (Wildman–Crippen LogP) is 2.17. The highest BCUT2D eigenvalue weighted by atomic mass is 19.3. The van der Waals surface area contributed by atoms with E-state index in [2.05, 4.69) is 34.1 Å². The summed E-state index contributed by atoms with van der Waals surface area (Å²) >= 11 is 0. The van der Waals surface area contributed by atoms with E-state index < -0.39 is 29.0 Å². The zero-order valence-corrected chi connectivity index (χ0v) is 27.2. The third kappa shape index (κ3) is 6.44. The van der Waals surface area contributed by atoms with Crippen molar-refractivity contribution in [3.63, 3.8) is 0 Å². The predicted molar refractivity (Wildman–Crippen MR) is 165 cm³/mol. The minimum atomic E-state index is -3.27. The third-order valence-corrected chi connectivity index (χ3v) is 9.12. The van der Waals surface area contributed by atoms with Gasteiger partial charge >= 0.3 is 5.69 Å². The molecule has 5 rings (SSSR count). The summed E-state index contributed by atoms with van der Waals surface area (Å²) in [4.78, 5) is 34.1. The lowest BCUT2D eigenvalue weighted by Gasteiger charge is -2.43. The molecule has 0 bridgehead atoms. The molecule has 44 heavy (non-hydrogen) atoms. The summed E-state index contributed by atoms with van der Waals surface area (Å²) < 4.78 is 39.4. The zero-order valence-electron chi connectivity index (χ0n) is 27.2. The molecule has 5 heterocycles. The van der Waals surface area contributed by atoms with Crippen molar-refractivity contribution >= 4 is 17.2 Å². The molecule has 0 radical (unpaired) electrons. The number of pyridine rings is 1. The van der Waals surface area contributed by atoms with Gasteiger partial charge in [0.2, 0.25) is 5.91 Å². The van der Waals surface area contributed by atoms with Gasteiger partial charge in [-0.1, -0.05) is 27.2 Å². The summed E-state index contributed by atoms with van der Waals surface area (Å²) in [5, 5.41) is 18.3. The monoisotopic (exact) mass is 621 g/mol. The highest BCUT2D eigenvalue weighted by molar-refractivity contribution is 5.98. The number of hydrogen-bond donors (Lipinski definition) is 2. The molecule has 2 fully saturated rings. The van der Waals surface area contributed by atoms with E-state index in [1.807, 2.05) is 13.8 Å². The molecule has 1 amide bonds. The highest BCUT2D eigenvalue weighted by Crippen LogP contribution is 2.45. The molecule has 3 atom stereocenters. The zero-order chi connectivity index (χ0) is 32.2. The maximum Gasteiger partial charge on any atom is 0.350 e. The van der Waals surface area contributed by atoms with E-state index in [0.29, 0.717) is 31.1 Å². The van der Waals surface area contributed by atoms with Crippen LogP contribution in [0.1, 0.15) is 72.6 Å². The molecule has 0 aromatic carbocycles. The van der Waals surface area contributed by atoms with Crippen LogP contribution in [0.5, 0.6) is 0 Å². The Morgan fingerprint density at radius 1 is 1.25 bits per heavy atom. The van der Waals surface area contributed by atoms with Crippen molar-refractivity contribution in [1.82, 2.24) is 29.3 Å². The second-order valence-corrected chi connectivity index (χ2v) is 14.3. The first kappa shape index (κ1) is 32.9. The first-order valence-corrected chi connectivity index (χ1v) is 15.9. The second kappa shape index (κ2) is 12.1. The number of nitrogens with one attached hydrogen (secondary N) is 1. The number of halogens is 2. The molecule has 11 nitrogen and oxygen atoms in total. The van der Waals surface area contributed by atoms with E-state index in [0.717, 1.165) is 24.3 Å². The summed E-state index contributed by atoms with van der Waals surface area (Å²) in [6, 6.07) is 1.96. The molecular weight excluding hydrogens is 572 g/mol. The molecule has 0 aliphatic carbocycles. The fourth-order valence-electron chi connectivity index (χ4n) is 6.96. The van der Waals surface area contributed by atoms with Crippen LogP contribution in [-0.4, -0.2) is 111 Å².